The van der Waals surface area contributed by atoms with E-state index in [1.807, 2.05) is 24.4 Å². The Balaban J connectivity index is 2.15. The molecular weight excluding hydrogens is 242 g/mol. The molecule has 0 fully saturated rings. The molecule has 0 bridgehead atoms. The molecule has 1 aromatic heterocycles. The minimum Gasteiger partial charge on any atom is -0.427 e. The Morgan fingerprint density at radius 3 is 2.84 bits per heavy atom. The van der Waals surface area contributed by atoms with E-state index in [1.54, 1.807) is 0 Å². The maximum absolute atomic E-state index is 11.6. The summed E-state index contributed by atoms with van der Waals surface area (Å²) in [6.45, 7) is 1.60. The number of rotatable bonds is 6. The Morgan fingerprint density at radius 2 is 2.11 bits per heavy atom. The summed E-state index contributed by atoms with van der Waals surface area (Å²) in [5, 5.41) is 1.10. The average molecular weight is 263 g/mol. The second-order valence-corrected chi connectivity index (χ2v) is 4.56. The van der Waals surface area contributed by atoms with Crippen LogP contribution in [0.25, 0.3) is 10.9 Å². The molecule has 102 valence electrons. The van der Waals surface area contributed by atoms with Crippen LogP contribution in [0, 0.1) is 0 Å². The first kappa shape index (κ1) is 13.6. The molecule has 0 unspecified atom stereocenters. The molecular formula is C14H21N3O2+2. The largest absolute Gasteiger partial charge is 0.427 e. The maximum Gasteiger partial charge on any atom is 0.311 e. The van der Waals surface area contributed by atoms with Crippen molar-refractivity contribution in [2.75, 3.05) is 13.1 Å². The predicted octanol–water partition coefficient (Wildman–Crippen LogP) is -0.120. The standard InChI is InChI=1S/C14H19N3O2/c15-6-1-2-14(18)19-11-3-4-13-12(8-11)10(5-7-16)9-17-13/h3-4,8-9,17H,1-2,5-7,15-16H2/p+2. The number of nitrogens with one attached hydrogen (secondary N) is 1. The molecule has 2 aromatic rings. The molecule has 1 heterocycles. The van der Waals surface area contributed by atoms with Gasteiger partial charge in [0.15, 0.2) is 0 Å². The van der Waals surface area contributed by atoms with E-state index in [0.717, 1.165) is 36.8 Å². The van der Waals surface area contributed by atoms with Crippen LogP contribution in [0.5, 0.6) is 5.75 Å². The molecule has 0 aliphatic carbocycles. The smallest absolute Gasteiger partial charge is 0.311 e. The third kappa shape index (κ3) is 3.33. The third-order valence-corrected chi connectivity index (χ3v) is 3.05. The molecule has 0 atom stereocenters. The molecule has 19 heavy (non-hydrogen) atoms. The van der Waals surface area contributed by atoms with Crippen molar-refractivity contribution >= 4 is 16.9 Å². The molecule has 0 spiro atoms. The Morgan fingerprint density at radius 1 is 1.26 bits per heavy atom. The lowest BCUT2D eigenvalue weighted by atomic mass is 10.1. The van der Waals surface area contributed by atoms with Crippen molar-refractivity contribution in [2.45, 2.75) is 19.3 Å². The number of quaternary nitrogens is 2. The van der Waals surface area contributed by atoms with Crippen molar-refractivity contribution in [3.05, 3.63) is 30.0 Å². The zero-order valence-corrected chi connectivity index (χ0v) is 11.1. The van der Waals surface area contributed by atoms with Gasteiger partial charge in [0.05, 0.1) is 19.5 Å². The van der Waals surface area contributed by atoms with E-state index in [0.29, 0.717) is 12.2 Å². The lowest BCUT2D eigenvalue weighted by Crippen LogP contribution is -2.51. The monoisotopic (exact) mass is 263 g/mol. The number of aromatic nitrogens is 1. The Kier molecular flexibility index (Phi) is 4.54. The molecule has 2 rings (SSSR count). The van der Waals surface area contributed by atoms with Crippen molar-refractivity contribution in [1.29, 1.82) is 0 Å². The van der Waals surface area contributed by atoms with Crippen molar-refractivity contribution in [2.24, 2.45) is 0 Å². The number of hydrogen-bond acceptors (Lipinski definition) is 2. The quantitative estimate of drug-likeness (QED) is 0.500. The lowest BCUT2D eigenvalue weighted by molar-refractivity contribution is -0.368. The maximum atomic E-state index is 11.6. The van der Waals surface area contributed by atoms with Gasteiger partial charge in [-0.15, -0.1) is 0 Å². The lowest BCUT2D eigenvalue weighted by Gasteiger charge is -2.04. The highest BCUT2D eigenvalue weighted by Crippen LogP contribution is 2.24. The van der Waals surface area contributed by atoms with Gasteiger partial charge in [0.1, 0.15) is 5.75 Å². The van der Waals surface area contributed by atoms with Crippen LogP contribution in [0.4, 0.5) is 0 Å². The van der Waals surface area contributed by atoms with Crippen LogP contribution in [-0.2, 0) is 11.2 Å². The first-order valence-electron chi connectivity index (χ1n) is 6.63. The molecule has 0 saturated heterocycles. The van der Waals surface area contributed by atoms with Gasteiger partial charge in [0.2, 0.25) is 0 Å². The van der Waals surface area contributed by atoms with E-state index < -0.39 is 0 Å². The van der Waals surface area contributed by atoms with Gasteiger partial charge in [-0.2, -0.15) is 0 Å². The predicted molar refractivity (Wildman–Crippen MR) is 72.4 cm³/mol. The van der Waals surface area contributed by atoms with E-state index in [-0.39, 0.29) is 5.97 Å². The average Bonchev–Trinajstić information content (AvgIpc) is 2.80. The summed E-state index contributed by atoms with van der Waals surface area (Å²) in [5.41, 5.74) is 9.85. The fourth-order valence-corrected chi connectivity index (χ4v) is 2.07. The van der Waals surface area contributed by atoms with Gasteiger partial charge >= 0.3 is 5.97 Å². The third-order valence-electron chi connectivity index (χ3n) is 3.05. The molecule has 5 nitrogen and oxygen atoms in total. The highest BCUT2D eigenvalue weighted by atomic mass is 16.5. The number of esters is 1. The Hall–Kier alpha value is -1.85. The van der Waals surface area contributed by atoms with Gasteiger partial charge in [0.25, 0.3) is 0 Å². The molecule has 0 radical (unpaired) electrons. The van der Waals surface area contributed by atoms with E-state index in [9.17, 15) is 4.79 Å². The Bertz CT molecular complexity index is 563. The summed E-state index contributed by atoms with van der Waals surface area (Å²) < 4.78 is 5.33. The summed E-state index contributed by atoms with van der Waals surface area (Å²) in [6, 6.07) is 5.67. The highest BCUT2D eigenvalue weighted by molar-refractivity contribution is 5.85. The van der Waals surface area contributed by atoms with Crippen LogP contribution in [-0.4, -0.2) is 24.0 Å². The zero-order valence-electron chi connectivity index (χ0n) is 11.1. The molecule has 0 aliphatic rings. The number of H-pyrrole nitrogens is 1. The number of hydrogen-bond donors (Lipinski definition) is 3. The van der Waals surface area contributed by atoms with Gasteiger partial charge in [0, 0.05) is 29.9 Å². The van der Waals surface area contributed by atoms with Crippen LogP contribution >= 0.6 is 0 Å². The Labute approximate surface area is 111 Å². The second kappa shape index (κ2) is 6.36. The minimum atomic E-state index is -0.197. The molecule has 5 heteroatoms. The van der Waals surface area contributed by atoms with Crippen LogP contribution in [0.3, 0.4) is 0 Å². The van der Waals surface area contributed by atoms with E-state index >= 15 is 0 Å². The SMILES string of the molecule is [NH3+]CCCC(=O)Oc1ccc2[nH]cc(CC[NH3+])c2c1. The highest BCUT2D eigenvalue weighted by Gasteiger charge is 2.08. The molecule has 1 aromatic carbocycles. The van der Waals surface area contributed by atoms with Gasteiger partial charge in [-0.25, -0.2) is 0 Å². The molecule has 0 aliphatic heterocycles. The summed E-state index contributed by atoms with van der Waals surface area (Å²) in [7, 11) is 0. The zero-order chi connectivity index (χ0) is 13.7. The van der Waals surface area contributed by atoms with E-state index in [1.165, 1.54) is 5.56 Å². The fourth-order valence-electron chi connectivity index (χ4n) is 2.07. The minimum absolute atomic E-state index is 0.197. The molecule has 7 N–H and O–H groups in total. The molecule has 0 saturated carbocycles. The first-order valence-corrected chi connectivity index (χ1v) is 6.63. The van der Waals surface area contributed by atoms with Gasteiger partial charge in [-0.05, 0) is 23.8 Å². The van der Waals surface area contributed by atoms with E-state index in [4.69, 9.17) is 4.74 Å². The number of fused-ring (bicyclic) bond motifs is 1. The van der Waals surface area contributed by atoms with Gasteiger partial charge < -0.3 is 21.2 Å². The van der Waals surface area contributed by atoms with Gasteiger partial charge in [-0.3, -0.25) is 4.79 Å². The van der Waals surface area contributed by atoms with Crippen molar-refractivity contribution in [3.63, 3.8) is 0 Å². The van der Waals surface area contributed by atoms with Crippen LogP contribution in [0.2, 0.25) is 0 Å². The van der Waals surface area contributed by atoms with E-state index in [2.05, 4.69) is 16.5 Å². The topological polar surface area (TPSA) is 97.4 Å². The number of ether oxygens (including phenoxy) is 1. The molecule has 0 amide bonds. The summed E-state index contributed by atoms with van der Waals surface area (Å²) in [6.07, 6.45) is 4.08. The fraction of sp³-hybridized carbons (Fsp3) is 0.357. The number of carbonyl (C=O) groups excluding carboxylic acids is 1. The van der Waals surface area contributed by atoms with Crippen LogP contribution in [0.1, 0.15) is 18.4 Å². The normalized spacial score (nSPS) is 10.8. The van der Waals surface area contributed by atoms with Crippen LogP contribution in [0.15, 0.2) is 24.4 Å². The van der Waals surface area contributed by atoms with Crippen molar-refractivity contribution in [1.82, 2.24) is 4.98 Å². The number of carbonyl (C=O) groups is 1. The van der Waals surface area contributed by atoms with Gasteiger partial charge in [-0.1, -0.05) is 0 Å². The summed E-state index contributed by atoms with van der Waals surface area (Å²) >= 11 is 0. The first-order chi connectivity index (χ1) is 9.24. The van der Waals surface area contributed by atoms with Crippen LogP contribution < -0.4 is 16.2 Å². The summed E-state index contributed by atoms with van der Waals surface area (Å²) in [4.78, 5) is 14.8. The summed E-state index contributed by atoms with van der Waals surface area (Å²) in [5.74, 6) is 0.406. The van der Waals surface area contributed by atoms with Crippen molar-refractivity contribution < 1.29 is 21.0 Å². The second-order valence-electron chi connectivity index (χ2n) is 4.56. The number of benzene rings is 1. The van der Waals surface area contributed by atoms with Crippen molar-refractivity contribution in [3.8, 4) is 5.75 Å². The number of aromatic amines is 1.